The number of piperidine rings is 1. The van der Waals surface area contributed by atoms with Crippen LogP contribution in [0.5, 0.6) is 0 Å². The molecule has 5 heteroatoms. The smallest absolute Gasteiger partial charge is 0.320 e. The molecule has 27 heavy (non-hydrogen) atoms. The molecular weight excluding hydrogens is 342 g/mol. The van der Waals surface area contributed by atoms with Crippen molar-refractivity contribution in [2.24, 2.45) is 23.7 Å². The average molecular weight is 378 g/mol. The van der Waals surface area contributed by atoms with Crippen LogP contribution >= 0.6 is 0 Å². The highest BCUT2D eigenvalue weighted by Crippen LogP contribution is 2.49. The van der Waals surface area contributed by atoms with Gasteiger partial charge in [-0.2, -0.15) is 0 Å². The summed E-state index contributed by atoms with van der Waals surface area (Å²) in [5.41, 5.74) is 0. The van der Waals surface area contributed by atoms with Crippen LogP contribution in [0.3, 0.4) is 0 Å². The first-order valence-electron chi connectivity index (χ1n) is 11.0. The number of rotatable bonds is 5. The summed E-state index contributed by atoms with van der Waals surface area (Å²) in [5, 5.41) is 30.9. The number of carboxylic acids is 1. The quantitative estimate of drug-likeness (QED) is 0.642. The van der Waals surface area contributed by atoms with E-state index in [4.69, 9.17) is 0 Å². The van der Waals surface area contributed by atoms with Crippen LogP contribution in [0.25, 0.3) is 0 Å². The van der Waals surface area contributed by atoms with Gasteiger partial charge in [-0.05, 0) is 49.9 Å². The van der Waals surface area contributed by atoms with Crippen LogP contribution in [0, 0.1) is 23.7 Å². The number of fused-ring (bicyclic) bond motifs is 3. The Kier molecular flexibility index (Phi) is 5.64. The third-order valence-electron chi connectivity index (χ3n) is 8.14. The van der Waals surface area contributed by atoms with Crippen LogP contribution in [-0.2, 0) is 4.79 Å². The molecule has 0 spiro atoms. The van der Waals surface area contributed by atoms with Crippen molar-refractivity contribution in [1.29, 1.82) is 0 Å². The minimum absolute atomic E-state index is 0.0421. The lowest BCUT2D eigenvalue weighted by molar-refractivity contribution is -0.146. The highest BCUT2D eigenvalue weighted by Gasteiger charge is 2.55. The van der Waals surface area contributed by atoms with Crippen molar-refractivity contribution in [2.45, 2.75) is 95.0 Å². The van der Waals surface area contributed by atoms with Crippen LogP contribution < -0.4 is 0 Å². The van der Waals surface area contributed by atoms with Gasteiger partial charge in [-0.25, -0.2) is 0 Å². The second-order valence-corrected chi connectivity index (χ2v) is 9.51. The van der Waals surface area contributed by atoms with Crippen molar-refractivity contribution < 1.29 is 20.1 Å². The molecule has 2 aliphatic heterocycles. The second kappa shape index (κ2) is 7.84. The number of aliphatic hydroxyl groups is 2. The fraction of sp³-hybridized carbons (Fsp3) is 0.864. The molecule has 2 saturated heterocycles. The van der Waals surface area contributed by atoms with Gasteiger partial charge in [0.2, 0.25) is 0 Å². The van der Waals surface area contributed by atoms with Crippen LogP contribution in [-0.4, -0.2) is 56.5 Å². The Bertz CT molecular complexity index is 573. The van der Waals surface area contributed by atoms with Gasteiger partial charge in [0, 0.05) is 18.0 Å². The number of aliphatic carboxylic acids is 1. The summed E-state index contributed by atoms with van der Waals surface area (Å²) < 4.78 is 0. The summed E-state index contributed by atoms with van der Waals surface area (Å²) in [6.45, 7) is 2.15. The standard InChI is InChI=1S/C22H35NO4/c1-13(14-5-2-3-6-14)20(24)10-9-16-17-11-15-7-4-8-18(22(26)27)23(15)19(17)12-21(16)25/h9-10,13-21,24-25H,2-8,11-12H2,1H3,(H,26,27)/b10-9+/t13?,15?,16-,17-,18?,19-,20+,21-/m1/s1. The molecule has 4 fully saturated rings. The maximum atomic E-state index is 11.7. The van der Waals surface area contributed by atoms with Gasteiger partial charge >= 0.3 is 5.97 Å². The van der Waals surface area contributed by atoms with E-state index < -0.39 is 18.2 Å². The zero-order chi connectivity index (χ0) is 19.1. The second-order valence-electron chi connectivity index (χ2n) is 9.51. The topological polar surface area (TPSA) is 81.0 Å². The average Bonchev–Trinajstić information content (AvgIpc) is 3.35. The maximum absolute atomic E-state index is 11.7. The molecule has 0 aromatic heterocycles. The number of nitrogens with zero attached hydrogens (tertiary/aromatic N) is 1. The van der Waals surface area contributed by atoms with Gasteiger partial charge in [-0.3, -0.25) is 9.69 Å². The van der Waals surface area contributed by atoms with Gasteiger partial charge in [0.25, 0.3) is 0 Å². The van der Waals surface area contributed by atoms with E-state index in [1.165, 1.54) is 25.7 Å². The highest BCUT2D eigenvalue weighted by molar-refractivity contribution is 5.73. The lowest BCUT2D eigenvalue weighted by Crippen LogP contribution is -2.51. The summed E-state index contributed by atoms with van der Waals surface area (Å²) >= 11 is 0. The Hall–Kier alpha value is -0.910. The van der Waals surface area contributed by atoms with Gasteiger partial charge in [0.1, 0.15) is 6.04 Å². The van der Waals surface area contributed by atoms with E-state index in [0.717, 1.165) is 25.7 Å². The minimum atomic E-state index is -0.713. The van der Waals surface area contributed by atoms with Gasteiger partial charge in [-0.1, -0.05) is 44.8 Å². The summed E-state index contributed by atoms with van der Waals surface area (Å²) in [6, 6.07) is 0.132. The van der Waals surface area contributed by atoms with E-state index in [-0.39, 0.29) is 23.9 Å². The molecule has 2 heterocycles. The zero-order valence-corrected chi connectivity index (χ0v) is 16.4. The van der Waals surface area contributed by atoms with E-state index >= 15 is 0 Å². The predicted molar refractivity (Wildman–Crippen MR) is 103 cm³/mol. The zero-order valence-electron chi connectivity index (χ0n) is 16.4. The molecule has 0 aromatic carbocycles. The summed E-state index contributed by atoms with van der Waals surface area (Å²) in [7, 11) is 0. The molecule has 2 aliphatic carbocycles. The Labute approximate surface area is 162 Å². The molecule has 3 unspecified atom stereocenters. The van der Waals surface area contributed by atoms with Crippen molar-refractivity contribution in [2.75, 3.05) is 0 Å². The first kappa shape index (κ1) is 19.4. The summed E-state index contributed by atoms with van der Waals surface area (Å²) in [5.74, 6) is 0.525. The van der Waals surface area contributed by atoms with Gasteiger partial charge < -0.3 is 15.3 Å². The number of aliphatic hydroxyl groups excluding tert-OH is 2. The predicted octanol–water partition coefficient (Wildman–Crippen LogP) is 2.81. The van der Waals surface area contributed by atoms with Gasteiger partial charge in [0.05, 0.1) is 12.2 Å². The SMILES string of the molecule is CC(C1CCCC1)[C@@H](O)/C=C/[C@@H]1[C@H]2CC3CCCC(C(=O)O)N3[C@@H]2C[C@H]1O. The van der Waals surface area contributed by atoms with Crippen molar-refractivity contribution in [3.63, 3.8) is 0 Å². The molecular formula is C22H35NO4. The normalized spacial score (nSPS) is 42.3. The fourth-order valence-electron chi connectivity index (χ4n) is 6.63. The van der Waals surface area contributed by atoms with Crippen molar-refractivity contribution in [3.8, 4) is 0 Å². The molecule has 4 rings (SSSR count). The highest BCUT2D eigenvalue weighted by atomic mass is 16.4. The van der Waals surface area contributed by atoms with Crippen molar-refractivity contribution in [1.82, 2.24) is 4.90 Å². The van der Waals surface area contributed by atoms with Gasteiger partial charge in [-0.15, -0.1) is 0 Å². The van der Waals surface area contributed by atoms with Gasteiger partial charge in [0.15, 0.2) is 0 Å². The molecule has 4 aliphatic rings. The van der Waals surface area contributed by atoms with Crippen LogP contribution in [0.15, 0.2) is 12.2 Å². The molecule has 0 bridgehead atoms. The Morgan fingerprint density at radius 3 is 2.56 bits per heavy atom. The van der Waals surface area contributed by atoms with E-state index in [0.29, 0.717) is 24.3 Å². The van der Waals surface area contributed by atoms with Crippen molar-refractivity contribution >= 4 is 5.97 Å². The lowest BCUT2D eigenvalue weighted by Gasteiger charge is -2.38. The molecule has 5 nitrogen and oxygen atoms in total. The Morgan fingerprint density at radius 1 is 1.11 bits per heavy atom. The molecule has 152 valence electrons. The number of carboxylic acid groups (broad SMARTS) is 1. The van der Waals surface area contributed by atoms with E-state index in [1.54, 1.807) is 0 Å². The third-order valence-corrected chi connectivity index (χ3v) is 8.14. The van der Waals surface area contributed by atoms with Crippen LogP contribution in [0.1, 0.15) is 64.7 Å². The Morgan fingerprint density at radius 2 is 1.85 bits per heavy atom. The first-order chi connectivity index (χ1) is 13.0. The molecule has 2 saturated carbocycles. The maximum Gasteiger partial charge on any atom is 0.320 e. The summed E-state index contributed by atoms with van der Waals surface area (Å²) in [6.07, 6.45) is 12.5. The van der Waals surface area contributed by atoms with E-state index in [2.05, 4.69) is 17.9 Å². The van der Waals surface area contributed by atoms with Crippen molar-refractivity contribution in [3.05, 3.63) is 12.2 Å². The van der Waals surface area contributed by atoms with Crippen LogP contribution in [0.4, 0.5) is 0 Å². The number of carbonyl (C=O) groups is 1. The number of hydrogen-bond acceptors (Lipinski definition) is 4. The molecule has 0 amide bonds. The van der Waals surface area contributed by atoms with Crippen LogP contribution in [0.2, 0.25) is 0 Å². The van der Waals surface area contributed by atoms with E-state index in [1.807, 2.05) is 6.08 Å². The molecule has 8 atom stereocenters. The monoisotopic (exact) mass is 377 g/mol. The van der Waals surface area contributed by atoms with E-state index in [9.17, 15) is 20.1 Å². The summed E-state index contributed by atoms with van der Waals surface area (Å²) in [4.78, 5) is 13.9. The number of hydrogen-bond donors (Lipinski definition) is 3. The molecule has 0 radical (unpaired) electrons. The third kappa shape index (κ3) is 3.58. The molecule has 0 aromatic rings. The largest absolute Gasteiger partial charge is 0.480 e. The first-order valence-corrected chi connectivity index (χ1v) is 11.0. The lowest BCUT2D eigenvalue weighted by atomic mass is 9.85. The minimum Gasteiger partial charge on any atom is -0.480 e. The Balaban J connectivity index is 1.44. The fourth-order valence-corrected chi connectivity index (χ4v) is 6.63. The molecule has 3 N–H and O–H groups in total.